The smallest absolute Gasteiger partial charge is 0.124 e. The van der Waals surface area contributed by atoms with Gasteiger partial charge >= 0.3 is 0 Å². The lowest BCUT2D eigenvalue weighted by Crippen LogP contribution is -2.17. The predicted octanol–water partition coefficient (Wildman–Crippen LogP) is 3.80. The fourth-order valence-corrected chi connectivity index (χ4v) is 2.48. The van der Waals surface area contributed by atoms with Crippen LogP contribution in [0.5, 0.6) is 0 Å². The molecule has 0 saturated carbocycles. The lowest BCUT2D eigenvalue weighted by Gasteiger charge is -2.18. The van der Waals surface area contributed by atoms with Crippen molar-refractivity contribution in [1.82, 2.24) is 4.90 Å². The van der Waals surface area contributed by atoms with Crippen molar-refractivity contribution in [2.45, 2.75) is 13.1 Å². The van der Waals surface area contributed by atoms with Crippen LogP contribution < -0.4 is 5.73 Å². The molecule has 2 aromatic carbocycles. The van der Waals surface area contributed by atoms with E-state index in [4.69, 9.17) is 5.73 Å². The number of hydrogen-bond acceptors (Lipinski definition) is 2. The summed E-state index contributed by atoms with van der Waals surface area (Å²) in [6, 6.07) is 12.6. The van der Waals surface area contributed by atoms with Gasteiger partial charge in [-0.1, -0.05) is 34.1 Å². The Hall–Kier alpha value is -1.39. The van der Waals surface area contributed by atoms with Crippen LogP contribution in [-0.4, -0.2) is 11.9 Å². The van der Waals surface area contributed by atoms with Gasteiger partial charge in [-0.3, -0.25) is 4.90 Å². The van der Waals surface area contributed by atoms with Gasteiger partial charge in [-0.25, -0.2) is 4.39 Å². The highest BCUT2D eigenvalue weighted by Gasteiger charge is 2.06. The Morgan fingerprint density at radius 3 is 2.63 bits per heavy atom. The average Bonchev–Trinajstić information content (AvgIpc) is 2.33. The van der Waals surface area contributed by atoms with Crippen molar-refractivity contribution >= 4 is 21.6 Å². The zero-order valence-electron chi connectivity index (χ0n) is 10.7. The summed E-state index contributed by atoms with van der Waals surface area (Å²) >= 11 is 3.39. The summed E-state index contributed by atoms with van der Waals surface area (Å²) in [5.41, 5.74) is 8.76. The second kappa shape index (κ2) is 6.17. The summed E-state index contributed by atoms with van der Waals surface area (Å²) in [6.07, 6.45) is 0. The van der Waals surface area contributed by atoms with Gasteiger partial charge in [0.2, 0.25) is 0 Å². The van der Waals surface area contributed by atoms with E-state index in [0.29, 0.717) is 0 Å². The largest absolute Gasteiger partial charge is 0.399 e. The molecule has 0 unspecified atom stereocenters. The van der Waals surface area contributed by atoms with Gasteiger partial charge in [0, 0.05) is 23.2 Å². The number of halogens is 2. The van der Waals surface area contributed by atoms with Gasteiger partial charge in [0.15, 0.2) is 0 Å². The highest BCUT2D eigenvalue weighted by atomic mass is 79.9. The van der Waals surface area contributed by atoms with Gasteiger partial charge in [-0.05, 0) is 42.4 Å². The zero-order valence-corrected chi connectivity index (χ0v) is 12.3. The molecule has 0 aliphatic rings. The minimum absolute atomic E-state index is 0.228. The van der Waals surface area contributed by atoms with E-state index >= 15 is 0 Å². The van der Waals surface area contributed by atoms with E-state index in [1.807, 2.05) is 31.3 Å². The molecular formula is C15H16BrFN2. The second-order valence-corrected chi connectivity index (χ2v) is 5.51. The number of anilines is 1. The molecule has 19 heavy (non-hydrogen) atoms. The van der Waals surface area contributed by atoms with Crippen LogP contribution >= 0.6 is 15.9 Å². The molecule has 2 aromatic rings. The van der Waals surface area contributed by atoms with Crippen LogP contribution in [0.4, 0.5) is 10.1 Å². The summed E-state index contributed by atoms with van der Waals surface area (Å²) in [6.45, 7) is 1.55. The van der Waals surface area contributed by atoms with Crippen molar-refractivity contribution in [1.29, 1.82) is 0 Å². The molecule has 2 rings (SSSR count). The molecule has 0 spiro atoms. The zero-order chi connectivity index (χ0) is 13.8. The van der Waals surface area contributed by atoms with Crippen LogP contribution in [0.25, 0.3) is 0 Å². The van der Waals surface area contributed by atoms with Crippen LogP contribution in [0, 0.1) is 5.82 Å². The standard InChI is InChI=1S/C15H16BrFN2/c1-19(9-11-3-2-4-14(18)7-11)10-12-5-6-13(17)8-15(12)16/h2-8H,9-10,18H2,1H3. The van der Waals surface area contributed by atoms with Gasteiger partial charge < -0.3 is 5.73 Å². The van der Waals surface area contributed by atoms with E-state index in [0.717, 1.165) is 28.8 Å². The Balaban J connectivity index is 2.03. The topological polar surface area (TPSA) is 29.3 Å². The molecule has 0 bridgehead atoms. The molecule has 0 amide bonds. The first-order chi connectivity index (χ1) is 9.04. The van der Waals surface area contributed by atoms with Crippen molar-refractivity contribution in [3.63, 3.8) is 0 Å². The molecule has 100 valence electrons. The molecule has 0 saturated heterocycles. The van der Waals surface area contributed by atoms with Crippen LogP contribution in [0.15, 0.2) is 46.9 Å². The Kier molecular flexibility index (Phi) is 4.56. The van der Waals surface area contributed by atoms with E-state index in [-0.39, 0.29) is 5.82 Å². The predicted molar refractivity (Wildman–Crippen MR) is 80.1 cm³/mol. The molecule has 0 radical (unpaired) electrons. The van der Waals surface area contributed by atoms with Crippen molar-refractivity contribution in [2.75, 3.05) is 12.8 Å². The van der Waals surface area contributed by atoms with Gasteiger partial charge in [0.1, 0.15) is 5.82 Å². The summed E-state index contributed by atoms with van der Waals surface area (Å²) in [5.74, 6) is -0.228. The molecule has 0 atom stereocenters. The van der Waals surface area contributed by atoms with Gasteiger partial charge in [0.05, 0.1) is 0 Å². The van der Waals surface area contributed by atoms with Crippen LogP contribution in [0.1, 0.15) is 11.1 Å². The number of rotatable bonds is 4. The summed E-state index contributed by atoms with van der Waals surface area (Å²) in [4.78, 5) is 2.16. The minimum Gasteiger partial charge on any atom is -0.399 e. The average molecular weight is 323 g/mol. The van der Waals surface area contributed by atoms with E-state index in [2.05, 4.69) is 20.8 Å². The van der Waals surface area contributed by atoms with Crippen molar-refractivity contribution < 1.29 is 4.39 Å². The fourth-order valence-electron chi connectivity index (χ4n) is 2.00. The first-order valence-corrected chi connectivity index (χ1v) is 6.81. The molecule has 0 aliphatic heterocycles. The quantitative estimate of drug-likeness (QED) is 0.867. The lowest BCUT2D eigenvalue weighted by atomic mass is 10.1. The highest BCUT2D eigenvalue weighted by molar-refractivity contribution is 9.10. The number of benzene rings is 2. The number of hydrogen-bond donors (Lipinski definition) is 1. The number of nitrogen functional groups attached to an aromatic ring is 1. The Morgan fingerprint density at radius 1 is 1.16 bits per heavy atom. The third-order valence-corrected chi connectivity index (χ3v) is 3.60. The van der Waals surface area contributed by atoms with Crippen molar-refractivity contribution in [3.8, 4) is 0 Å². The van der Waals surface area contributed by atoms with E-state index in [1.165, 1.54) is 17.7 Å². The Bertz CT molecular complexity index is 572. The van der Waals surface area contributed by atoms with E-state index < -0.39 is 0 Å². The van der Waals surface area contributed by atoms with Gasteiger partial charge in [-0.15, -0.1) is 0 Å². The second-order valence-electron chi connectivity index (χ2n) is 4.65. The minimum atomic E-state index is -0.228. The molecular weight excluding hydrogens is 307 g/mol. The molecule has 0 heterocycles. The molecule has 2 N–H and O–H groups in total. The third kappa shape index (κ3) is 4.04. The van der Waals surface area contributed by atoms with Crippen LogP contribution in [-0.2, 0) is 13.1 Å². The fraction of sp³-hybridized carbons (Fsp3) is 0.200. The third-order valence-electron chi connectivity index (χ3n) is 2.86. The summed E-state index contributed by atoms with van der Waals surface area (Å²) in [5, 5.41) is 0. The van der Waals surface area contributed by atoms with E-state index in [1.54, 1.807) is 6.07 Å². The van der Waals surface area contributed by atoms with E-state index in [9.17, 15) is 4.39 Å². The summed E-state index contributed by atoms with van der Waals surface area (Å²) < 4.78 is 13.8. The molecule has 4 heteroatoms. The SMILES string of the molecule is CN(Cc1cccc(N)c1)Cc1ccc(F)cc1Br. The molecule has 2 nitrogen and oxygen atoms in total. The van der Waals surface area contributed by atoms with Crippen LogP contribution in [0.3, 0.4) is 0 Å². The van der Waals surface area contributed by atoms with Crippen LogP contribution in [0.2, 0.25) is 0 Å². The summed E-state index contributed by atoms with van der Waals surface area (Å²) in [7, 11) is 2.03. The maximum absolute atomic E-state index is 13.0. The van der Waals surface area contributed by atoms with Crippen molar-refractivity contribution in [3.05, 3.63) is 63.9 Å². The lowest BCUT2D eigenvalue weighted by molar-refractivity contribution is 0.318. The monoisotopic (exact) mass is 322 g/mol. The highest BCUT2D eigenvalue weighted by Crippen LogP contribution is 2.20. The first-order valence-electron chi connectivity index (χ1n) is 6.01. The number of nitrogens with two attached hydrogens (primary N) is 1. The maximum Gasteiger partial charge on any atom is 0.124 e. The molecule has 0 fully saturated rings. The van der Waals surface area contributed by atoms with Crippen molar-refractivity contribution in [2.24, 2.45) is 0 Å². The normalized spacial score (nSPS) is 10.9. The first kappa shape index (κ1) is 14.0. The maximum atomic E-state index is 13.0. The van der Waals surface area contributed by atoms with Gasteiger partial charge in [0.25, 0.3) is 0 Å². The van der Waals surface area contributed by atoms with Gasteiger partial charge in [-0.2, -0.15) is 0 Å². The Labute approximate surface area is 121 Å². The Morgan fingerprint density at radius 2 is 1.95 bits per heavy atom. The molecule has 0 aliphatic carbocycles. The number of nitrogens with zero attached hydrogens (tertiary/aromatic N) is 1. The molecule has 0 aromatic heterocycles.